The molecule has 0 amide bonds. The van der Waals surface area contributed by atoms with Crippen LogP contribution in [-0.4, -0.2) is 6.73 Å². The van der Waals surface area contributed by atoms with Gasteiger partial charge in [-0.15, -0.1) is 0 Å². The van der Waals surface area contributed by atoms with Gasteiger partial charge in [0, 0.05) is 17.8 Å². The smallest absolute Gasteiger partial charge is 0.395 e. The van der Waals surface area contributed by atoms with Crippen molar-refractivity contribution in [3.8, 4) is 11.5 Å². The maximum atomic E-state index is 10.5. The van der Waals surface area contributed by atoms with Gasteiger partial charge in [-0.1, -0.05) is 18.2 Å². The second-order valence-corrected chi connectivity index (χ2v) is 4.57. The van der Waals surface area contributed by atoms with Crippen molar-refractivity contribution in [3.63, 3.8) is 0 Å². The number of nitrogens with zero attached hydrogens (tertiary/aromatic N) is 1. The van der Waals surface area contributed by atoms with Crippen LogP contribution in [0.25, 0.3) is 0 Å². The number of rotatable bonds is 3. The first-order valence-electron chi connectivity index (χ1n) is 5.92. The lowest BCUT2D eigenvalue weighted by molar-refractivity contribution is 0.289. The molecule has 4 nitrogen and oxygen atoms in total. The largest absolute Gasteiger partial charge is 0.473 e. The van der Waals surface area contributed by atoms with Crippen LogP contribution in [-0.2, 0) is 11.1 Å². The van der Waals surface area contributed by atoms with E-state index in [4.69, 9.17) is 9.26 Å². The van der Waals surface area contributed by atoms with Crippen LogP contribution in [0.5, 0.6) is 11.5 Å². The third-order valence-corrected chi connectivity index (χ3v) is 3.32. The standard InChI is InChI=1S/C14H12NO3P/c16-19-18-13-6-7-14-11(8-13)9-15(10-17-14)12-4-2-1-3-5-12/h1-8H,9-10H2. The van der Waals surface area contributed by atoms with Gasteiger partial charge in [0.15, 0.2) is 6.73 Å². The molecule has 19 heavy (non-hydrogen) atoms. The Morgan fingerprint density at radius 1 is 1.16 bits per heavy atom. The Morgan fingerprint density at radius 3 is 2.79 bits per heavy atom. The molecule has 0 unspecified atom stereocenters. The van der Waals surface area contributed by atoms with Crippen LogP contribution in [0.2, 0.25) is 0 Å². The number of ether oxygens (including phenoxy) is 1. The highest BCUT2D eigenvalue weighted by Crippen LogP contribution is 2.31. The van der Waals surface area contributed by atoms with Crippen molar-refractivity contribution in [1.82, 2.24) is 0 Å². The SMILES string of the molecule is O=POc1ccc2c(c1)CN(c1ccccc1)CO2. The lowest BCUT2D eigenvalue weighted by Crippen LogP contribution is -2.31. The van der Waals surface area contributed by atoms with Crippen LogP contribution in [0.15, 0.2) is 48.5 Å². The lowest BCUT2D eigenvalue weighted by Gasteiger charge is -2.30. The minimum atomic E-state index is -0.346. The van der Waals surface area contributed by atoms with Crippen molar-refractivity contribution in [2.45, 2.75) is 6.54 Å². The highest BCUT2D eigenvalue weighted by Gasteiger charge is 2.18. The van der Waals surface area contributed by atoms with E-state index in [1.807, 2.05) is 42.5 Å². The van der Waals surface area contributed by atoms with Gasteiger partial charge in [-0.3, -0.25) is 0 Å². The average molecular weight is 273 g/mol. The molecule has 1 aliphatic heterocycles. The zero-order chi connectivity index (χ0) is 13.1. The van der Waals surface area contributed by atoms with E-state index < -0.39 is 0 Å². The molecule has 2 aromatic carbocycles. The van der Waals surface area contributed by atoms with E-state index in [-0.39, 0.29) is 8.69 Å². The van der Waals surface area contributed by atoms with E-state index in [0.717, 1.165) is 23.5 Å². The zero-order valence-corrected chi connectivity index (χ0v) is 11.0. The van der Waals surface area contributed by atoms with Crippen molar-refractivity contribution in [1.29, 1.82) is 0 Å². The topological polar surface area (TPSA) is 38.8 Å². The van der Waals surface area contributed by atoms with Gasteiger partial charge in [0.2, 0.25) is 0 Å². The Bertz CT molecular complexity index is 588. The quantitative estimate of drug-likeness (QED) is 0.800. The summed E-state index contributed by atoms with van der Waals surface area (Å²) < 4.78 is 21.1. The van der Waals surface area contributed by atoms with Crippen LogP contribution in [0.1, 0.15) is 5.56 Å². The molecule has 0 radical (unpaired) electrons. The molecule has 1 heterocycles. The molecule has 0 spiro atoms. The first kappa shape index (κ1) is 12.0. The number of hydrogen-bond donors (Lipinski definition) is 0. The van der Waals surface area contributed by atoms with Crippen molar-refractivity contribution < 1.29 is 13.8 Å². The van der Waals surface area contributed by atoms with Crippen molar-refractivity contribution in [3.05, 3.63) is 54.1 Å². The van der Waals surface area contributed by atoms with Crippen LogP contribution in [0.4, 0.5) is 5.69 Å². The summed E-state index contributed by atoms with van der Waals surface area (Å²) in [6.07, 6.45) is 0. The molecule has 96 valence electrons. The van der Waals surface area contributed by atoms with Crippen LogP contribution in [0.3, 0.4) is 0 Å². The Kier molecular flexibility index (Phi) is 3.34. The van der Waals surface area contributed by atoms with E-state index in [1.54, 1.807) is 6.07 Å². The fourth-order valence-corrected chi connectivity index (χ4v) is 2.32. The first-order chi connectivity index (χ1) is 9.36. The molecule has 0 bridgehead atoms. The fourth-order valence-electron chi connectivity index (χ4n) is 2.12. The minimum absolute atomic E-state index is 0.346. The molecule has 1 aliphatic rings. The Labute approximate surface area is 112 Å². The fraction of sp³-hybridized carbons (Fsp3) is 0.143. The van der Waals surface area contributed by atoms with Gasteiger partial charge in [0.25, 0.3) is 0 Å². The summed E-state index contributed by atoms with van der Waals surface area (Å²) in [6, 6.07) is 15.5. The van der Waals surface area contributed by atoms with Crippen molar-refractivity contribution in [2.75, 3.05) is 11.6 Å². The maximum Gasteiger partial charge on any atom is 0.395 e. The Morgan fingerprint density at radius 2 is 2.00 bits per heavy atom. The number of anilines is 1. The van der Waals surface area contributed by atoms with E-state index in [0.29, 0.717) is 12.5 Å². The average Bonchev–Trinajstić information content (AvgIpc) is 2.48. The molecule has 0 aliphatic carbocycles. The van der Waals surface area contributed by atoms with Gasteiger partial charge >= 0.3 is 8.69 Å². The summed E-state index contributed by atoms with van der Waals surface area (Å²) >= 11 is 0. The van der Waals surface area contributed by atoms with Gasteiger partial charge in [0.1, 0.15) is 11.5 Å². The molecule has 0 saturated carbocycles. The van der Waals surface area contributed by atoms with Gasteiger partial charge in [0.05, 0.1) is 0 Å². The summed E-state index contributed by atoms with van der Waals surface area (Å²) in [5, 5.41) is 0. The summed E-state index contributed by atoms with van der Waals surface area (Å²) in [5.41, 5.74) is 2.14. The molecule has 0 atom stereocenters. The Balaban J connectivity index is 1.86. The van der Waals surface area contributed by atoms with Gasteiger partial charge < -0.3 is 14.2 Å². The summed E-state index contributed by atoms with van der Waals surface area (Å²) in [7, 11) is -0.346. The molecule has 0 saturated heterocycles. The molecule has 2 aromatic rings. The third-order valence-electron chi connectivity index (χ3n) is 3.03. The predicted octanol–water partition coefficient (Wildman–Crippen LogP) is 3.63. The highest BCUT2D eigenvalue weighted by molar-refractivity contribution is 7.17. The summed E-state index contributed by atoms with van der Waals surface area (Å²) in [5.74, 6) is 1.43. The van der Waals surface area contributed by atoms with E-state index in [9.17, 15) is 4.57 Å². The molecule has 0 aromatic heterocycles. The van der Waals surface area contributed by atoms with Crippen molar-refractivity contribution >= 4 is 14.4 Å². The maximum absolute atomic E-state index is 10.5. The summed E-state index contributed by atoms with van der Waals surface area (Å²) in [6.45, 7) is 1.27. The van der Waals surface area contributed by atoms with Gasteiger partial charge in [-0.25, -0.2) is 4.57 Å². The van der Waals surface area contributed by atoms with Crippen LogP contribution >= 0.6 is 8.69 Å². The normalized spacial score (nSPS) is 13.8. The van der Waals surface area contributed by atoms with Crippen molar-refractivity contribution in [2.24, 2.45) is 0 Å². The number of para-hydroxylation sites is 1. The molecule has 5 heteroatoms. The Hall–Kier alpha value is -2.06. The van der Waals surface area contributed by atoms with Gasteiger partial charge in [-0.05, 0) is 30.3 Å². The number of hydrogen-bond acceptors (Lipinski definition) is 4. The van der Waals surface area contributed by atoms with Crippen LogP contribution in [0, 0.1) is 0 Å². The monoisotopic (exact) mass is 273 g/mol. The van der Waals surface area contributed by atoms with Gasteiger partial charge in [-0.2, -0.15) is 0 Å². The highest BCUT2D eigenvalue weighted by atomic mass is 31.1. The van der Waals surface area contributed by atoms with E-state index in [2.05, 4.69) is 4.90 Å². The second kappa shape index (κ2) is 5.29. The minimum Gasteiger partial charge on any atom is -0.473 e. The molecule has 0 N–H and O–H groups in total. The number of fused-ring (bicyclic) bond motifs is 1. The summed E-state index contributed by atoms with van der Waals surface area (Å²) in [4.78, 5) is 2.13. The first-order valence-corrected chi connectivity index (χ1v) is 6.65. The second-order valence-electron chi connectivity index (χ2n) is 4.24. The van der Waals surface area contributed by atoms with E-state index >= 15 is 0 Å². The van der Waals surface area contributed by atoms with Crippen LogP contribution < -0.4 is 14.2 Å². The molecular weight excluding hydrogens is 261 g/mol. The molecule has 0 fully saturated rings. The molecular formula is C14H12NO3P. The number of benzene rings is 2. The predicted molar refractivity (Wildman–Crippen MR) is 72.8 cm³/mol. The lowest BCUT2D eigenvalue weighted by atomic mass is 10.1. The van der Waals surface area contributed by atoms with E-state index in [1.165, 1.54) is 0 Å². The third kappa shape index (κ3) is 2.54. The zero-order valence-electron chi connectivity index (χ0n) is 10.2. The molecule has 3 rings (SSSR count).